The van der Waals surface area contributed by atoms with Crippen molar-refractivity contribution in [3.05, 3.63) is 30.3 Å². The smallest absolute Gasteiger partial charge is 0.809 e. The molecule has 0 saturated heterocycles. The van der Waals surface area contributed by atoms with Gasteiger partial charge in [-0.05, 0) is 19.7 Å². The molecule has 17 heavy (non-hydrogen) atoms. The summed E-state index contributed by atoms with van der Waals surface area (Å²) in [5, 5.41) is 8.79. The molecule has 1 aromatic rings. The molecule has 7 nitrogen and oxygen atoms in total. The maximum absolute atomic E-state index is 11.1. The molecule has 91 valence electrons. The predicted molar refractivity (Wildman–Crippen MR) is 48.3 cm³/mol. The van der Waals surface area contributed by atoms with E-state index in [0.717, 1.165) is 0 Å². The second kappa shape index (κ2) is 6.74. The van der Waals surface area contributed by atoms with Crippen molar-refractivity contribution in [1.82, 2.24) is 0 Å². The zero-order chi connectivity index (χ0) is 12.4. The topological polar surface area (TPSA) is 133 Å². The fourth-order valence-corrected chi connectivity index (χ4v) is 2.89. The third-order valence-electron chi connectivity index (χ3n) is 1.54. The first-order valence-corrected chi connectivity index (χ1v) is 7.21. The maximum Gasteiger partial charge on any atom is 3.00 e. The van der Waals surface area contributed by atoms with Gasteiger partial charge in [0.15, 0.2) is 5.59 Å². The van der Waals surface area contributed by atoms with Gasteiger partial charge in [-0.1, -0.05) is 18.2 Å². The Labute approximate surface area is 131 Å². The largest absolute Gasteiger partial charge is 3.00 e. The van der Waals surface area contributed by atoms with Crippen molar-refractivity contribution in [3.63, 3.8) is 0 Å². The molecule has 0 saturated carbocycles. The second-order valence-corrected chi connectivity index (χ2v) is 6.56. The van der Waals surface area contributed by atoms with Crippen LogP contribution in [0.15, 0.2) is 30.3 Å². The molecule has 1 N–H and O–H groups in total. The van der Waals surface area contributed by atoms with Gasteiger partial charge in [0.2, 0.25) is 7.60 Å². The van der Waals surface area contributed by atoms with Crippen LogP contribution in [0.1, 0.15) is 0 Å². The quantitative estimate of drug-likeness (QED) is 0.623. The van der Waals surface area contributed by atoms with Crippen LogP contribution >= 0.6 is 15.2 Å². The van der Waals surface area contributed by atoms with Crippen LogP contribution in [0.4, 0.5) is 0 Å². The number of benzene rings is 1. The van der Waals surface area contributed by atoms with Crippen LogP contribution in [0.25, 0.3) is 0 Å². The molecule has 0 fully saturated rings. The number of para-hydroxylation sites is 1. The molecule has 1 rings (SSSR count). The molecule has 10 heteroatoms. The number of hydrogen-bond donors (Lipinski definition) is 1. The SMILES string of the molecule is O=P([O-])([O-])C(O)P(=O)([O-])Oc1ccccc1.[Ce+3]. The first kappa shape index (κ1) is 17.7. The van der Waals surface area contributed by atoms with Gasteiger partial charge in [0.25, 0.3) is 0 Å². The molecule has 0 aliphatic rings. The van der Waals surface area contributed by atoms with Gasteiger partial charge in [0.05, 0.1) is 0 Å². The molecule has 0 aliphatic carbocycles. The molecule has 0 spiro atoms. The van der Waals surface area contributed by atoms with E-state index in [2.05, 4.69) is 4.52 Å². The number of hydrogen-bond acceptors (Lipinski definition) is 7. The molecule has 2 atom stereocenters. The predicted octanol–water partition coefficient (Wildman–Crippen LogP) is -1.19. The van der Waals surface area contributed by atoms with Gasteiger partial charge in [-0.3, -0.25) is 4.57 Å². The van der Waals surface area contributed by atoms with Gasteiger partial charge in [-0.2, -0.15) is 0 Å². The van der Waals surface area contributed by atoms with E-state index in [1.54, 1.807) is 6.07 Å². The Hall–Kier alpha value is 0.697. The van der Waals surface area contributed by atoms with Crippen molar-refractivity contribution in [2.45, 2.75) is 5.59 Å². The normalized spacial score (nSPS) is 16.5. The molecule has 1 radical (unpaired) electrons. The standard InChI is InChI=1S/C7H10O7P2.Ce/c8-7(15(9,10)11)16(12,13)14-6-4-2-1-3-5-6;/h1-5,7-8H,(H,12,13)(H2,9,10,11);/q;+3/p-3. The number of aliphatic hydroxyl groups excluding tert-OH is 1. The fourth-order valence-electron chi connectivity index (χ4n) is 0.849. The molecular formula is C7H7CeO7P2. The number of aliphatic hydroxyl groups is 1. The van der Waals surface area contributed by atoms with E-state index in [0.29, 0.717) is 0 Å². The summed E-state index contributed by atoms with van der Waals surface area (Å²) in [4.78, 5) is 31.8. The Balaban J connectivity index is 0.00000256. The summed E-state index contributed by atoms with van der Waals surface area (Å²) in [5.74, 6) is -0.187. The van der Waals surface area contributed by atoms with Crippen LogP contribution in [0.2, 0.25) is 0 Å². The zero-order valence-corrected chi connectivity index (χ0v) is 13.2. The first-order valence-electron chi connectivity index (χ1n) is 3.98. The Morgan fingerprint density at radius 3 is 2.00 bits per heavy atom. The van der Waals surface area contributed by atoms with Crippen LogP contribution in [0.3, 0.4) is 0 Å². The van der Waals surface area contributed by atoms with Crippen molar-refractivity contribution in [2.75, 3.05) is 0 Å². The summed E-state index contributed by atoms with van der Waals surface area (Å²) in [5.41, 5.74) is -3.08. The van der Waals surface area contributed by atoms with Crippen molar-refractivity contribution in [2.24, 2.45) is 0 Å². The van der Waals surface area contributed by atoms with E-state index < -0.39 is 20.8 Å². The van der Waals surface area contributed by atoms with E-state index in [1.165, 1.54) is 24.3 Å². The van der Waals surface area contributed by atoms with Crippen LogP contribution < -0.4 is 19.2 Å². The average Bonchev–Trinajstić information content (AvgIpc) is 2.16. The van der Waals surface area contributed by atoms with E-state index >= 15 is 0 Å². The summed E-state index contributed by atoms with van der Waals surface area (Å²) in [6.45, 7) is 0. The second-order valence-electron chi connectivity index (χ2n) is 2.83. The van der Waals surface area contributed by atoms with Crippen LogP contribution in [-0.2, 0) is 9.13 Å². The molecule has 2 unspecified atom stereocenters. The van der Waals surface area contributed by atoms with Gasteiger partial charge >= 0.3 is 41.7 Å². The van der Waals surface area contributed by atoms with Gasteiger partial charge in [0.1, 0.15) is 5.75 Å². The first-order chi connectivity index (χ1) is 7.23. The molecule has 0 aromatic heterocycles. The summed E-state index contributed by atoms with van der Waals surface area (Å²) >= 11 is 0. The third-order valence-corrected chi connectivity index (χ3v) is 4.84. The van der Waals surface area contributed by atoms with Crippen molar-refractivity contribution < 1.29 is 75.2 Å². The summed E-state index contributed by atoms with van der Waals surface area (Å²) in [7, 11) is -10.9. The summed E-state index contributed by atoms with van der Waals surface area (Å²) < 4.78 is 25.7. The minimum atomic E-state index is -5.66. The van der Waals surface area contributed by atoms with Crippen molar-refractivity contribution in [3.8, 4) is 5.75 Å². The molecule has 0 heterocycles. The van der Waals surface area contributed by atoms with E-state index in [1.807, 2.05) is 0 Å². The zero-order valence-electron chi connectivity index (χ0n) is 8.26. The van der Waals surface area contributed by atoms with Gasteiger partial charge in [-0.25, -0.2) is 0 Å². The Kier molecular flexibility index (Phi) is 7.02. The number of rotatable bonds is 4. The Bertz CT molecular complexity index is 445. The van der Waals surface area contributed by atoms with Crippen LogP contribution in [0.5, 0.6) is 5.75 Å². The molecule has 0 bridgehead atoms. The monoisotopic (exact) mass is 405 g/mol. The maximum atomic E-state index is 11.1. The molecule has 0 aliphatic heterocycles. The van der Waals surface area contributed by atoms with Crippen LogP contribution in [0, 0.1) is 41.7 Å². The Morgan fingerprint density at radius 1 is 1.12 bits per heavy atom. The molecular weight excluding hydrogens is 398 g/mol. The van der Waals surface area contributed by atoms with Gasteiger partial charge < -0.3 is 28.9 Å². The minimum Gasteiger partial charge on any atom is -0.809 e. The fraction of sp³-hybridized carbons (Fsp3) is 0.143. The average molecular weight is 405 g/mol. The molecule has 1 aromatic carbocycles. The van der Waals surface area contributed by atoms with E-state index in [4.69, 9.17) is 5.11 Å². The van der Waals surface area contributed by atoms with Crippen LogP contribution in [-0.4, -0.2) is 10.7 Å². The van der Waals surface area contributed by atoms with E-state index in [-0.39, 0.29) is 47.5 Å². The van der Waals surface area contributed by atoms with Gasteiger partial charge in [0, 0.05) is 0 Å². The summed E-state index contributed by atoms with van der Waals surface area (Å²) in [6, 6.07) is 6.92. The minimum absolute atomic E-state index is 0. The Morgan fingerprint density at radius 2 is 1.59 bits per heavy atom. The van der Waals surface area contributed by atoms with E-state index in [9.17, 15) is 23.8 Å². The third kappa shape index (κ3) is 5.46. The summed E-state index contributed by atoms with van der Waals surface area (Å²) in [6.07, 6.45) is 0. The van der Waals surface area contributed by atoms with Gasteiger partial charge in [-0.15, -0.1) is 0 Å². The molecule has 0 amide bonds. The van der Waals surface area contributed by atoms with Crippen molar-refractivity contribution >= 4 is 15.2 Å². The van der Waals surface area contributed by atoms with Crippen molar-refractivity contribution in [1.29, 1.82) is 0 Å².